The molecule has 0 spiro atoms. The largest absolute Gasteiger partial charge is 0.351 e. The molecule has 8 nitrogen and oxygen atoms in total. The highest BCUT2D eigenvalue weighted by Gasteiger charge is 2.40. The highest BCUT2D eigenvalue weighted by Crippen LogP contribution is 2.37. The number of halogens is 1. The van der Waals surface area contributed by atoms with Crippen molar-refractivity contribution in [2.24, 2.45) is 0 Å². The molecule has 3 aromatic rings. The summed E-state index contributed by atoms with van der Waals surface area (Å²) in [7, 11) is 0. The molecule has 2 saturated heterocycles. The summed E-state index contributed by atoms with van der Waals surface area (Å²) >= 11 is 6.24. The topological polar surface area (TPSA) is 106 Å². The average Bonchev–Trinajstić information content (AvgIpc) is 3.25. The predicted octanol–water partition coefficient (Wildman–Crippen LogP) is 4.38. The van der Waals surface area contributed by atoms with Gasteiger partial charge in [0.05, 0.1) is 11.6 Å². The molecule has 2 bridgehead atoms. The summed E-state index contributed by atoms with van der Waals surface area (Å²) in [6.07, 6.45) is 5.09. The molecule has 2 fully saturated rings. The Kier molecular flexibility index (Phi) is 5.38. The molecule has 3 N–H and O–H groups in total. The third kappa shape index (κ3) is 4.16. The van der Waals surface area contributed by atoms with Gasteiger partial charge in [0.25, 0.3) is 0 Å². The van der Waals surface area contributed by atoms with Crippen molar-refractivity contribution in [3.63, 3.8) is 0 Å². The molecule has 2 aliphatic rings. The van der Waals surface area contributed by atoms with Gasteiger partial charge in [0.1, 0.15) is 5.82 Å². The second-order valence-corrected chi connectivity index (χ2v) is 8.90. The Morgan fingerprint density at radius 1 is 1.23 bits per heavy atom. The van der Waals surface area contributed by atoms with Crippen LogP contribution in [-0.2, 0) is 0 Å². The van der Waals surface area contributed by atoms with E-state index >= 15 is 0 Å². The van der Waals surface area contributed by atoms with Gasteiger partial charge in [0, 0.05) is 53.3 Å². The maximum absolute atomic E-state index is 8.95. The number of rotatable bonds is 6. The number of aromatic nitrogens is 4. The van der Waals surface area contributed by atoms with Gasteiger partial charge in [-0.15, -0.1) is 0 Å². The van der Waals surface area contributed by atoms with E-state index in [0.717, 1.165) is 36.0 Å². The molecule has 0 saturated carbocycles. The fraction of sp³-hybridized carbons (Fsp3) is 0.455. The zero-order valence-corrected chi connectivity index (χ0v) is 18.2. The lowest BCUT2D eigenvalue weighted by atomic mass is 9.97. The van der Waals surface area contributed by atoms with Gasteiger partial charge in [-0.25, -0.2) is 4.98 Å². The predicted molar refractivity (Wildman–Crippen MR) is 122 cm³/mol. The lowest BCUT2D eigenvalue weighted by Gasteiger charge is -2.38. The fourth-order valence-corrected chi connectivity index (χ4v) is 5.15. The maximum atomic E-state index is 8.95. The first-order chi connectivity index (χ1) is 15.1. The second-order valence-electron chi connectivity index (χ2n) is 8.46. The summed E-state index contributed by atoms with van der Waals surface area (Å²) in [5.41, 5.74) is 1.76. The first-order valence-electron chi connectivity index (χ1n) is 10.7. The molecule has 0 amide bonds. The number of anilines is 3. The van der Waals surface area contributed by atoms with Crippen LogP contribution in [0.15, 0.2) is 24.3 Å². The Labute approximate surface area is 186 Å². The Morgan fingerprint density at radius 2 is 2.03 bits per heavy atom. The van der Waals surface area contributed by atoms with E-state index in [4.69, 9.17) is 26.8 Å². The van der Waals surface area contributed by atoms with Gasteiger partial charge in [0.15, 0.2) is 5.82 Å². The number of nitriles is 1. The lowest BCUT2D eigenvalue weighted by Crippen LogP contribution is -2.47. The van der Waals surface area contributed by atoms with E-state index < -0.39 is 0 Å². The molecule has 4 heterocycles. The number of aromatic amines is 1. The molecule has 5 rings (SSSR count). The summed E-state index contributed by atoms with van der Waals surface area (Å²) in [5, 5.41) is 24.6. The van der Waals surface area contributed by atoms with E-state index in [9.17, 15) is 0 Å². The number of H-pyrrole nitrogens is 1. The smallest absolute Gasteiger partial charge is 0.225 e. The summed E-state index contributed by atoms with van der Waals surface area (Å²) in [6, 6.07) is 11.2. The van der Waals surface area contributed by atoms with Crippen LogP contribution in [0.2, 0.25) is 5.02 Å². The summed E-state index contributed by atoms with van der Waals surface area (Å²) in [6.45, 7) is 2.83. The number of fused-ring (bicyclic) bond motifs is 3. The van der Waals surface area contributed by atoms with Crippen LogP contribution < -0.4 is 10.6 Å². The third-order valence-corrected chi connectivity index (χ3v) is 6.55. The Morgan fingerprint density at radius 3 is 2.74 bits per heavy atom. The minimum Gasteiger partial charge on any atom is -0.351 e. The third-order valence-electron chi connectivity index (χ3n) is 6.31. The molecule has 0 unspecified atom stereocenters. The molecule has 9 heteroatoms. The van der Waals surface area contributed by atoms with Crippen molar-refractivity contribution in [3.8, 4) is 6.07 Å². The van der Waals surface area contributed by atoms with Gasteiger partial charge in [0.2, 0.25) is 5.95 Å². The van der Waals surface area contributed by atoms with Gasteiger partial charge >= 0.3 is 0 Å². The van der Waals surface area contributed by atoms with Crippen LogP contribution in [0.25, 0.3) is 10.9 Å². The summed E-state index contributed by atoms with van der Waals surface area (Å²) in [4.78, 5) is 12.0. The summed E-state index contributed by atoms with van der Waals surface area (Å²) < 4.78 is 0. The van der Waals surface area contributed by atoms with Crippen molar-refractivity contribution in [3.05, 3.63) is 35.0 Å². The number of piperidine rings is 1. The van der Waals surface area contributed by atoms with E-state index in [1.165, 1.54) is 12.8 Å². The second kappa shape index (κ2) is 8.33. The molecule has 160 valence electrons. The fourth-order valence-electron chi connectivity index (χ4n) is 4.98. The molecule has 0 radical (unpaired) electrons. The molecular formula is C22H25ClN8. The Balaban J connectivity index is 1.39. The molecule has 3 atom stereocenters. The van der Waals surface area contributed by atoms with Crippen LogP contribution in [0.3, 0.4) is 0 Å². The van der Waals surface area contributed by atoms with Crippen LogP contribution in [0.5, 0.6) is 0 Å². The molecule has 2 aliphatic heterocycles. The van der Waals surface area contributed by atoms with Crippen molar-refractivity contribution >= 4 is 40.1 Å². The van der Waals surface area contributed by atoms with Crippen molar-refractivity contribution in [2.45, 2.75) is 57.2 Å². The zero-order valence-electron chi connectivity index (χ0n) is 17.4. The molecule has 2 aromatic heterocycles. The normalized spacial score (nSPS) is 23.1. The number of aryl methyl sites for hydroxylation is 1. The first-order valence-corrected chi connectivity index (χ1v) is 11.1. The minimum atomic E-state index is 0.313. The van der Waals surface area contributed by atoms with E-state index in [-0.39, 0.29) is 0 Å². The monoisotopic (exact) mass is 436 g/mol. The lowest BCUT2D eigenvalue weighted by molar-refractivity contribution is 0.135. The van der Waals surface area contributed by atoms with Gasteiger partial charge in [-0.1, -0.05) is 11.6 Å². The van der Waals surface area contributed by atoms with E-state index in [2.05, 4.69) is 31.8 Å². The average molecular weight is 437 g/mol. The minimum absolute atomic E-state index is 0.313. The van der Waals surface area contributed by atoms with Gasteiger partial charge in [-0.3, -0.25) is 10.00 Å². The van der Waals surface area contributed by atoms with Crippen LogP contribution in [0.1, 0.15) is 37.8 Å². The van der Waals surface area contributed by atoms with Crippen LogP contribution in [0.4, 0.5) is 17.6 Å². The van der Waals surface area contributed by atoms with Gasteiger partial charge < -0.3 is 10.6 Å². The number of hydrogen-bond acceptors (Lipinski definition) is 7. The summed E-state index contributed by atoms with van der Waals surface area (Å²) in [5.74, 6) is 2.01. The van der Waals surface area contributed by atoms with Crippen molar-refractivity contribution in [1.82, 2.24) is 25.1 Å². The van der Waals surface area contributed by atoms with Crippen LogP contribution in [0, 0.1) is 18.3 Å². The molecule has 0 aliphatic carbocycles. The highest BCUT2D eigenvalue weighted by atomic mass is 35.5. The quantitative estimate of drug-likeness (QED) is 0.526. The number of benzene rings is 1. The maximum Gasteiger partial charge on any atom is 0.225 e. The Hall–Kier alpha value is -2.89. The van der Waals surface area contributed by atoms with Gasteiger partial charge in [-0.05, 0) is 50.8 Å². The first kappa shape index (κ1) is 20.0. The van der Waals surface area contributed by atoms with Crippen molar-refractivity contribution in [2.75, 3.05) is 17.2 Å². The van der Waals surface area contributed by atoms with Crippen molar-refractivity contribution < 1.29 is 0 Å². The molecule has 1 aromatic carbocycles. The molecule has 31 heavy (non-hydrogen) atoms. The van der Waals surface area contributed by atoms with Crippen LogP contribution >= 0.6 is 11.6 Å². The van der Waals surface area contributed by atoms with E-state index in [1.54, 1.807) is 0 Å². The Bertz CT molecular complexity index is 1120. The number of hydrogen-bond donors (Lipinski definition) is 3. The van der Waals surface area contributed by atoms with Crippen LogP contribution in [-0.4, -0.2) is 49.7 Å². The SMILES string of the molecule is Cc1cc(Nc2nc(N[C@@H]3C[C@H]4CC[C@@H](C3)N4CCC#N)nc3cc(Cl)ccc23)n[nH]1. The number of nitrogens with zero attached hydrogens (tertiary/aromatic N) is 5. The molecular weight excluding hydrogens is 412 g/mol. The number of nitrogens with one attached hydrogen (secondary N) is 3. The van der Waals surface area contributed by atoms with E-state index in [1.807, 2.05) is 31.2 Å². The van der Waals surface area contributed by atoms with Gasteiger partial charge in [-0.2, -0.15) is 15.3 Å². The highest BCUT2D eigenvalue weighted by molar-refractivity contribution is 6.31. The van der Waals surface area contributed by atoms with Crippen molar-refractivity contribution in [1.29, 1.82) is 5.26 Å². The standard InChI is InChI=1S/C22H25ClN8/c1-13-9-20(30-29-13)27-21-18-6-3-14(23)10-19(18)26-22(28-21)25-15-11-16-4-5-17(12-15)31(16)8-2-7-24/h3,6,9-10,15-17H,2,4-5,8,11-12H2,1H3,(H3,25,26,27,28,29,30)/t15-,16-,17+. The van der Waals surface area contributed by atoms with E-state index in [0.29, 0.717) is 47.2 Å². The zero-order chi connectivity index (χ0) is 21.4.